The molecule has 3 rings (SSSR count). The van der Waals surface area contributed by atoms with Crippen LogP contribution in [0.25, 0.3) is 0 Å². The normalized spacial score (nSPS) is 22.2. The Morgan fingerprint density at radius 1 is 1.20 bits per heavy atom. The monoisotopic (exact) mass is 336 g/mol. The fraction of sp³-hybridized carbons (Fsp3) is 0.467. The number of rotatable bonds is 3. The van der Waals surface area contributed by atoms with Gasteiger partial charge in [-0.1, -0.05) is 22.4 Å². The van der Waals surface area contributed by atoms with E-state index < -0.39 is 0 Å². The Morgan fingerprint density at radius 3 is 2.75 bits per heavy atom. The van der Waals surface area contributed by atoms with Gasteiger partial charge in [-0.15, -0.1) is 0 Å². The number of nitrogens with one attached hydrogen (secondary N) is 1. The van der Waals surface area contributed by atoms with Gasteiger partial charge in [0.15, 0.2) is 0 Å². The van der Waals surface area contributed by atoms with Gasteiger partial charge >= 0.3 is 0 Å². The molecule has 2 heterocycles. The van der Waals surface area contributed by atoms with Crippen LogP contribution in [0, 0.1) is 0 Å². The third-order valence-electron chi connectivity index (χ3n) is 4.05. The molecule has 4 nitrogen and oxygen atoms in total. The minimum atomic E-state index is -0.165. The highest BCUT2D eigenvalue weighted by molar-refractivity contribution is 9.10. The standard InChI is InChI=1S/C15H17BrN2O2/c16-10-4-5-12-13(9-10)15(20)18(14(12)19)8-6-11-3-1-2-7-17-11/h4-5,9,11,17H,1-3,6-8H2. The third kappa shape index (κ3) is 2.52. The zero-order chi connectivity index (χ0) is 14.1. The van der Waals surface area contributed by atoms with E-state index in [2.05, 4.69) is 21.2 Å². The van der Waals surface area contributed by atoms with Gasteiger partial charge in [-0.3, -0.25) is 14.5 Å². The molecular formula is C15H17BrN2O2. The maximum atomic E-state index is 12.3. The Hall–Kier alpha value is -1.20. The molecule has 1 fully saturated rings. The molecule has 0 radical (unpaired) electrons. The van der Waals surface area contributed by atoms with E-state index in [1.165, 1.54) is 17.7 Å². The second-order valence-electron chi connectivity index (χ2n) is 5.39. The minimum Gasteiger partial charge on any atom is -0.314 e. The van der Waals surface area contributed by atoms with Gasteiger partial charge < -0.3 is 5.32 Å². The second-order valence-corrected chi connectivity index (χ2v) is 6.30. The molecule has 0 bridgehead atoms. The predicted molar refractivity (Wildman–Crippen MR) is 79.8 cm³/mol. The van der Waals surface area contributed by atoms with Crippen molar-refractivity contribution in [1.82, 2.24) is 10.2 Å². The Bertz CT molecular complexity index is 553. The summed E-state index contributed by atoms with van der Waals surface area (Å²) in [5.74, 6) is -0.324. The van der Waals surface area contributed by atoms with Crippen LogP contribution in [-0.2, 0) is 0 Å². The lowest BCUT2D eigenvalue weighted by Crippen LogP contribution is -2.39. The SMILES string of the molecule is O=C1c2ccc(Br)cc2C(=O)N1CCC1CCCCN1. The molecule has 20 heavy (non-hydrogen) atoms. The highest BCUT2D eigenvalue weighted by atomic mass is 79.9. The minimum absolute atomic E-state index is 0.159. The van der Waals surface area contributed by atoms with E-state index in [-0.39, 0.29) is 11.8 Å². The molecule has 1 atom stereocenters. The molecule has 2 aliphatic rings. The number of hydrogen-bond donors (Lipinski definition) is 1. The first-order valence-corrected chi connectivity index (χ1v) is 7.85. The van der Waals surface area contributed by atoms with Crippen molar-refractivity contribution in [3.05, 3.63) is 33.8 Å². The van der Waals surface area contributed by atoms with Crippen molar-refractivity contribution in [2.75, 3.05) is 13.1 Å². The van der Waals surface area contributed by atoms with E-state index in [0.29, 0.717) is 23.7 Å². The highest BCUT2D eigenvalue weighted by Gasteiger charge is 2.35. The maximum Gasteiger partial charge on any atom is 0.261 e. The van der Waals surface area contributed by atoms with E-state index in [0.717, 1.165) is 23.9 Å². The van der Waals surface area contributed by atoms with Crippen LogP contribution in [0.4, 0.5) is 0 Å². The Morgan fingerprint density at radius 2 is 2.00 bits per heavy atom. The van der Waals surface area contributed by atoms with Gasteiger partial charge in [0.25, 0.3) is 11.8 Å². The Kier molecular flexibility index (Phi) is 3.89. The molecule has 2 amide bonds. The number of carbonyl (C=O) groups excluding carboxylic acids is 2. The van der Waals surface area contributed by atoms with Crippen LogP contribution < -0.4 is 5.32 Å². The van der Waals surface area contributed by atoms with E-state index >= 15 is 0 Å². The van der Waals surface area contributed by atoms with E-state index in [9.17, 15) is 9.59 Å². The molecule has 0 saturated carbocycles. The second kappa shape index (κ2) is 5.66. The first-order valence-electron chi connectivity index (χ1n) is 7.06. The topological polar surface area (TPSA) is 49.4 Å². The zero-order valence-corrected chi connectivity index (χ0v) is 12.8. The summed E-state index contributed by atoms with van der Waals surface area (Å²) in [5, 5.41) is 3.45. The number of amides is 2. The third-order valence-corrected chi connectivity index (χ3v) is 4.54. The number of hydrogen-bond acceptors (Lipinski definition) is 3. The Balaban J connectivity index is 1.69. The van der Waals surface area contributed by atoms with Gasteiger partial charge in [0.05, 0.1) is 11.1 Å². The van der Waals surface area contributed by atoms with Gasteiger partial charge in [-0.2, -0.15) is 0 Å². The molecule has 1 N–H and O–H groups in total. The van der Waals surface area contributed by atoms with Crippen molar-refractivity contribution in [3.63, 3.8) is 0 Å². The number of benzene rings is 1. The molecule has 106 valence electrons. The smallest absolute Gasteiger partial charge is 0.261 e. The quantitative estimate of drug-likeness (QED) is 0.863. The first-order chi connectivity index (χ1) is 9.66. The van der Waals surface area contributed by atoms with Gasteiger partial charge in [0, 0.05) is 17.1 Å². The van der Waals surface area contributed by atoms with Gasteiger partial charge in [0.2, 0.25) is 0 Å². The number of piperidine rings is 1. The van der Waals surface area contributed by atoms with Crippen molar-refractivity contribution in [2.24, 2.45) is 0 Å². The van der Waals surface area contributed by atoms with E-state index in [1.54, 1.807) is 18.2 Å². The number of fused-ring (bicyclic) bond motifs is 1. The van der Waals surface area contributed by atoms with Gasteiger partial charge in [0.1, 0.15) is 0 Å². The average Bonchev–Trinajstić information content (AvgIpc) is 2.70. The fourth-order valence-electron chi connectivity index (χ4n) is 2.92. The van der Waals surface area contributed by atoms with Crippen molar-refractivity contribution in [2.45, 2.75) is 31.7 Å². The lowest BCUT2D eigenvalue weighted by molar-refractivity contribution is 0.0647. The van der Waals surface area contributed by atoms with Crippen molar-refractivity contribution in [1.29, 1.82) is 0 Å². The van der Waals surface area contributed by atoms with E-state index in [4.69, 9.17) is 0 Å². The summed E-state index contributed by atoms with van der Waals surface area (Å²) in [6.07, 6.45) is 4.42. The van der Waals surface area contributed by atoms with E-state index in [1.807, 2.05) is 0 Å². The largest absolute Gasteiger partial charge is 0.314 e. The van der Waals surface area contributed by atoms with Crippen LogP contribution in [0.2, 0.25) is 0 Å². The summed E-state index contributed by atoms with van der Waals surface area (Å²) in [6, 6.07) is 5.68. The molecule has 1 aromatic carbocycles. The molecule has 2 aliphatic heterocycles. The van der Waals surface area contributed by atoms with Crippen molar-refractivity contribution >= 4 is 27.7 Å². The Labute approximate surface area is 126 Å². The summed E-state index contributed by atoms with van der Waals surface area (Å²) in [4.78, 5) is 25.9. The molecule has 5 heteroatoms. The average molecular weight is 337 g/mol. The molecule has 1 aromatic rings. The highest BCUT2D eigenvalue weighted by Crippen LogP contribution is 2.26. The van der Waals surface area contributed by atoms with Crippen LogP contribution in [-0.4, -0.2) is 35.8 Å². The summed E-state index contributed by atoms with van der Waals surface area (Å²) < 4.78 is 0.827. The lowest BCUT2D eigenvalue weighted by Gasteiger charge is -2.25. The van der Waals surface area contributed by atoms with Crippen LogP contribution in [0.1, 0.15) is 46.4 Å². The van der Waals surface area contributed by atoms with Crippen molar-refractivity contribution < 1.29 is 9.59 Å². The fourth-order valence-corrected chi connectivity index (χ4v) is 3.28. The molecular weight excluding hydrogens is 320 g/mol. The summed E-state index contributed by atoms with van der Waals surface area (Å²) in [5.41, 5.74) is 1.04. The summed E-state index contributed by atoms with van der Waals surface area (Å²) in [6.45, 7) is 1.54. The first kappa shape index (κ1) is 13.8. The van der Waals surface area contributed by atoms with Gasteiger partial charge in [-0.05, 0) is 44.0 Å². The summed E-state index contributed by atoms with van der Waals surface area (Å²) >= 11 is 3.34. The molecule has 1 unspecified atom stereocenters. The number of carbonyl (C=O) groups is 2. The summed E-state index contributed by atoms with van der Waals surface area (Å²) in [7, 11) is 0. The zero-order valence-electron chi connectivity index (χ0n) is 11.2. The molecule has 0 spiro atoms. The van der Waals surface area contributed by atoms with Crippen LogP contribution in [0.3, 0.4) is 0 Å². The van der Waals surface area contributed by atoms with Crippen LogP contribution >= 0.6 is 15.9 Å². The number of halogens is 1. The van der Waals surface area contributed by atoms with Crippen LogP contribution in [0.15, 0.2) is 22.7 Å². The predicted octanol–water partition coefficient (Wildman–Crippen LogP) is 2.58. The molecule has 0 aromatic heterocycles. The molecule has 1 saturated heterocycles. The van der Waals surface area contributed by atoms with Crippen molar-refractivity contribution in [3.8, 4) is 0 Å². The van der Waals surface area contributed by atoms with Crippen LogP contribution in [0.5, 0.6) is 0 Å². The number of imide groups is 1. The maximum absolute atomic E-state index is 12.3. The number of nitrogens with zero attached hydrogens (tertiary/aromatic N) is 1. The lowest BCUT2D eigenvalue weighted by atomic mass is 10.0. The molecule has 0 aliphatic carbocycles. The van der Waals surface area contributed by atoms with Gasteiger partial charge in [-0.25, -0.2) is 0 Å².